The first kappa shape index (κ1) is 16.3. The number of rotatable bonds is 3. The first-order chi connectivity index (χ1) is 13.6. The van der Waals surface area contributed by atoms with E-state index in [1.807, 2.05) is 18.2 Å². The number of ether oxygens (including phenoxy) is 1. The molecule has 138 valence electrons. The van der Waals surface area contributed by atoms with Gasteiger partial charge < -0.3 is 15.6 Å². The number of anilines is 1. The van der Waals surface area contributed by atoms with Gasteiger partial charge in [0.15, 0.2) is 0 Å². The molecular formula is C21H15FN4O2. The van der Waals surface area contributed by atoms with E-state index in [0.717, 1.165) is 5.70 Å². The van der Waals surface area contributed by atoms with Crippen molar-refractivity contribution < 1.29 is 14.2 Å². The molecule has 0 spiro atoms. The maximum absolute atomic E-state index is 14.9. The lowest BCUT2D eigenvalue weighted by Gasteiger charge is -2.13. The lowest BCUT2D eigenvalue weighted by atomic mass is 9.99. The summed E-state index contributed by atoms with van der Waals surface area (Å²) in [5.41, 5.74) is 9.22. The van der Waals surface area contributed by atoms with Crippen LogP contribution in [0.3, 0.4) is 0 Å². The van der Waals surface area contributed by atoms with Gasteiger partial charge in [0.05, 0.1) is 35.4 Å². The Bertz CT molecular complexity index is 1340. The van der Waals surface area contributed by atoms with E-state index in [4.69, 9.17) is 10.5 Å². The van der Waals surface area contributed by atoms with E-state index in [9.17, 15) is 9.50 Å². The summed E-state index contributed by atoms with van der Waals surface area (Å²) in [5.74, 6) is -0.0130. The second-order valence-electron chi connectivity index (χ2n) is 6.45. The normalized spacial score (nSPS) is 13.0. The minimum absolute atomic E-state index is 0.00451. The summed E-state index contributed by atoms with van der Waals surface area (Å²) in [5, 5.41) is 11.6. The first-order valence-electron chi connectivity index (χ1n) is 8.59. The summed E-state index contributed by atoms with van der Waals surface area (Å²) in [6.07, 6.45) is 10.4. The number of aromatic hydroxyl groups is 1. The van der Waals surface area contributed by atoms with Crippen LogP contribution in [0.5, 0.6) is 11.6 Å². The molecule has 0 saturated heterocycles. The lowest BCUT2D eigenvalue weighted by molar-refractivity contribution is 0.414. The molecule has 0 fully saturated rings. The largest absolute Gasteiger partial charge is 0.494 e. The Kier molecular flexibility index (Phi) is 3.39. The third kappa shape index (κ3) is 2.13. The molecular weight excluding hydrogens is 359 g/mol. The zero-order valence-electron chi connectivity index (χ0n) is 14.8. The molecule has 7 heteroatoms. The molecule has 5 rings (SSSR count). The van der Waals surface area contributed by atoms with E-state index in [0.29, 0.717) is 38.8 Å². The van der Waals surface area contributed by atoms with Gasteiger partial charge in [0.2, 0.25) is 5.88 Å². The Labute approximate surface area is 159 Å². The quantitative estimate of drug-likeness (QED) is 0.564. The highest BCUT2D eigenvalue weighted by Gasteiger charge is 2.22. The Morgan fingerprint density at radius 2 is 2.07 bits per heavy atom. The molecule has 0 bridgehead atoms. The molecule has 4 aromatic rings. The zero-order valence-corrected chi connectivity index (χ0v) is 14.8. The van der Waals surface area contributed by atoms with Gasteiger partial charge in [-0.15, -0.1) is 0 Å². The Hall–Kier alpha value is -3.87. The van der Waals surface area contributed by atoms with Gasteiger partial charge in [-0.05, 0) is 30.4 Å². The second kappa shape index (κ2) is 5.82. The number of methoxy groups -OCH3 is 1. The van der Waals surface area contributed by atoms with Crippen LogP contribution in [0, 0.1) is 5.82 Å². The molecule has 0 saturated carbocycles. The number of hydrogen-bond acceptors (Lipinski definition) is 5. The number of benzene rings is 1. The summed E-state index contributed by atoms with van der Waals surface area (Å²) >= 11 is 0. The van der Waals surface area contributed by atoms with Crippen LogP contribution in [0.25, 0.3) is 38.6 Å². The molecule has 6 nitrogen and oxygen atoms in total. The van der Waals surface area contributed by atoms with Crippen LogP contribution in [0.2, 0.25) is 0 Å². The number of nitrogen functional groups attached to an aromatic ring is 1. The van der Waals surface area contributed by atoms with Gasteiger partial charge in [0, 0.05) is 34.6 Å². The van der Waals surface area contributed by atoms with Crippen molar-refractivity contribution in [2.45, 2.75) is 0 Å². The monoisotopic (exact) mass is 374 g/mol. The van der Waals surface area contributed by atoms with Crippen molar-refractivity contribution in [3.8, 4) is 22.8 Å². The van der Waals surface area contributed by atoms with Crippen molar-refractivity contribution in [1.82, 2.24) is 14.5 Å². The van der Waals surface area contributed by atoms with E-state index >= 15 is 0 Å². The Balaban J connectivity index is 1.89. The van der Waals surface area contributed by atoms with Gasteiger partial charge in [-0.2, -0.15) is 0 Å². The molecule has 28 heavy (non-hydrogen) atoms. The van der Waals surface area contributed by atoms with E-state index in [2.05, 4.69) is 9.97 Å². The van der Waals surface area contributed by atoms with Crippen molar-refractivity contribution in [3.63, 3.8) is 0 Å². The number of hydrogen-bond donors (Lipinski definition) is 2. The molecule has 0 aliphatic heterocycles. The van der Waals surface area contributed by atoms with E-state index in [-0.39, 0.29) is 11.4 Å². The molecule has 1 aromatic carbocycles. The average Bonchev–Trinajstić information content (AvgIpc) is 2.97. The fourth-order valence-electron chi connectivity index (χ4n) is 3.53. The van der Waals surface area contributed by atoms with Crippen LogP contribution in [0.15, 0.2) is 55.0 Å². The number of aromatic nitrogens is 3. The topological polar surface area (TPSA) is 86.2 Å². The molecule has 0 unspecified atom stereocenters. The third-order valence-corrected chi connectivity index (χ3v) is 4.96. The molecule has 0 amide bonds. The van der Waals surface area contributed by atoms with Crippen molar-refractivity contribution in [2.24, 2.45) is 0 Å². The summed E-state index contributed by atoms with van der Waals surface area (Å²) in [4.78, 5) is 8.67. The van der Waals surface area contributed by atoms with Crippen LogP contribution in [-0.4, -0.2) is 26.8 Å². The van der Waals surface area contributed by atoms with Gasteiger partial charge in [0.25, 0.3) is 0 Å². The average molecular weight is 374 g/mol. The van der Waals surface area contributed by atoms with Crippen LogP contribution in [-0.2, 0) is 0 Å². The molecule has 1 aliphatic rings. The summed E-state index contributed by atoms with van der Waals surface area (Å²) in [7, 11) is 1.50. The smallest absolute Gasteiger partial charge is 0.207 e. The SMILES string of the molecule is COc1cnccc1-c1c(F)ccc2c(N)c3c(O)n(C4=CC=C4)cc3nc12. The lowest BCUT2D eigenvalue weighted by Crippen LogP contribution is -1.97. The molecule has 1 aliphatic carbocycles. The van der Waals surface area contributed by atoms with E-state index in [1.54, 1.807) is 29.1 Å². The summed E-state index contributed by atoms with van der Waals surface area (Å²) in [6.45, 7) is 0. The molecule has 0 atom stereocenters. The van der Waals surface area contributed by atoms with Crippen LogP contribution in [0.1, 0.15) is 0 Å². The number of pyridine rings is 2. The third-order valence-electron chi connectivity index (χ3n) is 4.96. The fraction of sp³-hybridized carbons (Fsp3) is 0.0476. The summed E-state index contributed by atoms with van der Waals surface area (Å²) in [6, 6.07) is 4.58. The predicted octanol–water partition coefficient (Wildman–Crippen LogP) is 4.10. The van der Waals surface area contributed by atoms with Crippen LogP contribution in [0.4, 0.5) is 10.1 Å². The maximum Gasteiger partial charge on any atom is 0.207 e. The van der Waals surface area contributed by atoms with Gasteiger partial charge in [-0.1, -0.05) is 6.08 Å². The molecule has 0 radical (unpaired) electrons. The first-order valence-corrected chi connectivity index (χ1v) is 8.59. The molecule has 3 heterocycles. The van der Waals surface area contributed by atoms with Crippen LogP contribution < -0.4 is 10.5 Å². The van der Waals surface area contributed by atoms with Crippen LogP contribution >= 0.6 is 0 Å². The van der Waals surface area contributed by atoms with Gasteiger partial charge >= 0.3 is 0 Å². The van der Waals surface area contributed by atoms with Gasteiger partial charge in [-0.3, -0.25) is 9.55 Å². The van der Waals surface area contributed by atoms with Crippen molar-refractivity contribution in [1.29, 1.82) is 0 Å². The fourth-order valence-corrected chi connectivity index (χ4v) is 3.53. The standard InChI is InChI=1S/C21H15FN4O2/c1-28-16-9-24-8-7-12(16)17-14(22)6-5-13-19(23)18-15(25-20(13)17)10-26(21(18)27)11-3-2-4-11/h2-10,27H,23H2,1H3. The number of halogens is 1. The van der Waals surface area contributed by atoms with E-state index < -0.39 is 5.82 Å². The van der Waals surface area contributed by atoms with Gasteiger partial charge in [0.1, 0.15) is 11.6 Å². The summed E-state index contributed by atoms with van der Waals surface area (Å²) < 4.78 is 21.9. The van der Waals surface area contributed by atoms with Crippen molar-refractivity contribution >= 4 is 33.2 Å². The highest BCUT2D eigenvalue weighted by Crippen LogP contribution is 2.42. The Morgan fingerprint density at radius 3 is 2.79 bits per heavy atom. The van der Waals surface area contributed by atoms with Crippen molar-refractivity contribution in [3.05, 3.63) is 60.8 Å². The van der Waals surface area contributed by atoms with Crippen molar-refractivity contribution in [2.75, 3.05) is 12.8 Å². The highest BCUT2D eigenvalue weighted by atomic mass is 19.1. The predicted molar refractivity (Wildman–Crippen MR) is 106 cm³/mol. The number of nitrogens with zero attached hydrogens (tertiary/aromatic N) is 3. The minimum atomic E-state index is -0.448. The highest BCUT2D eigenvalue weighted by molar-refractivity contribution is 6.13. The maximum atomic E-state index is 14.9. The number of fused-ring (bicyclic) bond motifs is 2. The molecule has 3 aromatic heterocycles. The minimum Gasteiger partial charge on any atom is -0.494 e. The molecule has 3 N–H and O–H groups in total. The van der Waals surface area contributed by atoms with E-state index in [1.165, 1.54) is 19.4 Å². The second-order valence-corrected chi connectivity index (χ2v) is 6.45. The number of allylic oxidation sites excluding steroid dienone is 4. The zero-order chi connectivity index (χ0) is 19.4. The Morgan fingerprint density at radius 1 is 1.25 bits per heavy atom. The van der Waals surface area contributed by atoms with Gasteiger partial charge in [-0.25, -0.2) is 9.37 Å². The number of nitrogens with two attached hydrogens (primary N) is 1.